The molecule has 1 aromatic carbocycles. The number of fused-ring (bicyclic) bond motifs is 1. The fourth-order valence-corrected chi connectivity index (χ4v) is 4.99. The van der Waals surface area contributed by atoms with Gasteiger partial charge >= 0.3 is 0 Å². The van der Waals surface area contributed by atoms with E-state index in [9.17, 15) is 14.3 Å². The second-order valence-corrected chi connectivity index (χ2v) is 8.55. The van der Waals surface area contributed by atoms with Crippen molar-refractivity contribution in [2.24, 2.45) is 0 Å². The number of halogens is 1. The number of aliphatic hydroxyl groups is 1. The van der Waals surface area contributed by atoms with Crippen molar-refractivity contribution in [1.29, 1.82) is 5.26 Å². The summed E-state index contributed by atoms with van der Waals surface area (Å²) in [5.74, 6) is 0.896. The first-order chi connectivity index (χ1) is 14.6. The summed E-state index contributed by atoms with van der Waals surface area (Å²) in [4.78, 5) is 20.5. The highest BCUT2D eigenvalue weighted by Gasteiger charge is 2.29. The number of rotatable bonds is 5. The molecule has 1 unspecified atom stereocenters. The van der Waals surface area contributed by atoms with Gasteiger partial charge in [0.15, 0.2) is 0 Å². The Labute approximate surface area is 178 Å². The van der Waals surface area contributed by atoms with E-state index in [1.165, 1.54) is 4.90 Å². The molecule has 2 N–H and O–H groups in total. The van der Waals surface area contributed by atoms with E-state index in [4.69, 9.17) is 5.26 Å². The zero-order valence-electron chi connectivity index (χ0n) is 16.5. The van der Waals surface area contributed by atoms with Gasteiger partial charge in [-0.15, -0.1) is 11.8 Å². The van der Waals surface area contributed by atoms with Crippen LogP contribution in [0.15, 0.2) is 30.5 Å². The third kappa shape index (κ3) is 4.36. The molecule has 2 aromatic rings. The Kier molecular flexibility index (Phi) is 6.37. The second kappa shape index (κ2) is 9.16. The van der Waals surface area contributed by atoms with Gasteiger partial charge in [-0.3, -0.25) is 15.1 Å². The van der Waals surface area contributed by atoms with Gasteiger partial charge in [0.05, 0.1) is 24.0 Å². The summed E-state index contributed by atoms with van der Waals surface area (Å²) in [6, 6.07) is 9.27. The van der Waals surface area contributed by atoms with Crippen LogP contribution in [-0.4, -0.2) is 64.4 Å². The largest absolute Gasteiger partial charge is 0.374 e. The molecule has 2 saturated heterocycles. The molecule has 0 aliphatic carbocycles. The molecule has 4 rings (SSSR count). The lowest BCUT2D eigenvalue weighted by atomic mass is 10.0. The Bertz CT molecular complexity index is 960. The van der Waals surface area contributed by atoms with E-state index >= 15 is 0 Å². The van der Waals surface area contributed by atoms with Crippen LogP contribution in [0.3, 0.4) is 0 Å². The number of carbonyl (C=O) groups is 1. The molecule has 0 saturated carbocycles. The summed E-state index contributed by atoms with van der Waals surface area (Å²) in [6.45, 7) is 1.25. The molecule has 2 aliphatic heterocycles. The van der Waals surface area contributed by atoms with Crippen LogP contribution < -0.4 is 10.2 Å². The average molecular weight is 430 g/mol. The standard InChI is InChI=1S/C21H24FN5O2S/c22-14-4-7-26(8-5-14)15-1-2-19-18(9-15)17(3-6-24-19)21(29)25-11-20(28)27-13-30-12-16(27)10-23/h1-3,6,9,14,16,21,25,29H,4-5,7-8,11-13H2/t16-,21?/m1/s1. The third-order valence-corrected chi connectivity index (χ3v) is 6.65. The summed E-state index contributed by atoms with van der Waals surface area (Å²) < 4.78 is 13.5. The second-order valence-electron chi connectivity index (χ2n) is 7.56. The number of nitrogens with one attached hydrogen (secondary N) is 1. The molecule has 9 heteroatoms. The number of aliphatic hydroxyl groups excluding tert-OH is 1. The van der Waals surface area contributed by atoms with Crippen molar-refractivity contribution < 1.29 is 14.3 Å². The van der Waals surface area contributed by atoms with Gasteiger partial charge in [0.25, 0.3) is 0 Å². The number of hydrogen-bond donors (Lipinski definition) is 2. The number of carbonyl (C=O) groups excluding carboxylic acids is 1. The molecule has 2 fully saturated rings. The Morgan fingerprint density at radius 3 is 2.97 bits per heavy atom. The molecule has 7 nitrogen and oxygen atoms in total. The van der Waals surface area contributed by atoms with Crippen LogP contribution in [0.25, 0.3) is 10.9 Å². The quantitative estimate of drug-likeness (QED) is 0.704. The molecule has 3 heterocycles. The number of pyridine rings is 1. The number of amides is 1. The number of nitrogens with zero attached hydrogens (tertiary/aromatic N) is 4. The lowest BCUT2D eigenvalue weighted by molar-refractivity contribution is -0.130. The van der Waals surface area contributed by atoms with Crippen LogP contribution >= 0.6 is 11.8 Å². The number of piperidine rings is 1. The maximum absolute atomic E-state index is 13.5. The van der Waals surface area contributed by atoms with Crippen molar-refractivity contribution in [2.75, 3.05) is 36.2 Å². The number of nitriles is 1. The highest BCUT2D eigenvalue weighted by Crippen LogP contribution is 2.29. The van der Waals surface area contributed by atoms with Crippen LogP contribution in [0.4, 0.5) is 10.1 Å². The van der Waals surface area contributed by atoms with Crippen LogP contribution in [0, 0.1) is 11.3 Å². The van der Waals surface area contributed by atoms with Crippen molar-refractivity contribution >= 4 is 34.3 Å². The average Bonchev–Trinajstić information content (AvgIpc) is 3.26. The number of aromatic nitrogens is 1. The maximum Gasteiger partial charge on any atom is 0.238 e. The first-order valence-corrected chi connectivity index (χ1v) is 11.2. The van der Waals surface area contributed by atoms with Gasteiger partial charge in [-0.05, 0) is 37.1 Å². The van der Waals surface area contributed by atoms with Gasteiger partial charge in [0.1, 0.15) is 18.4 Å². The minimum Gasteiger partial charge on any atom is -0.374 e. The molecule has 2 aliphatic rings. The predicted octanol–water partition coefficient (Wildman–Crippen LogP) is 2.18. The SMILES string of the molecule is N#C[C@@H]1CSCN1C(=O)CNC(O)c1ccnc2ccc(N3CCC(F)CC3)cc12. The van der Waals surface area contributed by atoms with Gasteiger partial charge in [-0.1, -0.05) is 0 Å². The Balaban J connectivity index is 1.49. The summed E-state index contributed by atoms with van der Waals surface area (Å²) >= 11 is 1.55. The Hall–Kier alpha value is -2.41. The molecule has 30 heavy (non-hydrogen) atoms. The lowest BCUT2D eigenvalue weighted by Crippen LogP contribution is -2.42. The summed E-state index contributed by atoms with van der Waals surface area (Å²) in [6.07, 6.45) is 0.867. The Morgan fingerprint density at radius 1 is 1.40 bits per heavy atom. The van der Waals surface area contributed by atoms with Crippen LogP contribution in [0.2, 0.25) is 0 Å². The molecule has 0 bridgehead atoms. The maximum atomic E-state index is 13.5. The highest BCUT2D eigenvalue weighted by atomic mass is 32.2. The van der Waals surface area contributed by atoms with Crippen molar-refractivity contribution in [3.8, 4) is 6.07 Å². The monoisotopic (exact) mass is 429 g/mol. The van der Waals surface area contributed by atoms with Crippen molar-refractivity contribution in [2.45, 2.75) is 31.3 Å². The number of alkyl halides is 1. The van der Waals surface area contributed by atoms with E-state index in [1.54, 1.807) is 24.0 Å². The van der Waals surface area contributed by atoms with Gasteiger partial charge in [0, 0.05) is 41.7 Å². The van der Waals surface area contributed by atoms with Crippen LogP contribution in [-0.2, 0) is 4.79 Å². The molecule has 1 amide bonds. The van der Waals surface area contributed by atoms with Gasteiger partial charge < -0.3 is 14.9 Å². The molecule has 0 radical (unpaired) electrons. The molecular formula is C21H24FN5O2S. The first kappa shape index (κ1) is 20.8. The van der Waals surface area contributed by atoms with Gasteiger partial charge in [-0.2, -0.15) is 5.26 Å². The number of anilines is 1. The normalized spacial score (nSPS) is 21.0. The van der Waals surface area contributed by atoms with E-state index in [0.717, 1.165) is 16.6 Å². The van der Waals surface area contributed by atoms with E-state index in [2.05, 4.69) is 21.3 Å². The van der Waals surface area contributed by atoms with Crippen molar-refractivity contribution in [3.05, 3.63) is 36.0 Å². The summed E-state index contributed by atoms with van der Waals surface area (Å²) in [7, 11) is 0. The molecule has 158 valence electrons. The highest BCUT2D eigenvalue weighted by molar-refractivity contribution is 7.99. The van der Waals surface area contributed by atoms with Gasteiger partial charge in [0.2, 0.25) is 5.91 Å². The number of benzene rings is 1. The fourth-order valence-electron chi connectivity index (χ4n) is 3.89. The molecule has 0 spiro atoms. The third-order valence-electron chi connectivity index (χ3n) is 5.64. The summed E-state index contributed by atoms with van der Waals surface area (Å²) in [5, 5.41) is 23.5. The summed E-state index contributed by atoms with van der Waals surface area (Å²) in [5.41, 5.74) is 2.34. The van der Waals surface area contributed by atoms with Crippen molar-refractivity contribution in [3.63, 3.8) is 0 Å². The predicted molar refractivity (Wildman–Crippen MR) is 115 cm³/mol. The van der Waals surface area contributed by atoms with Crippen molar-refractivity contribution in [1.82, 2.24) is 15.2 Å². The van der Waals surface area contributed by atoms with E-state index < -0.39 is 18.4 Å². The minimum atomic E-state index is -1.05. The van der Waals surface area contributed by atoms with Crippen LogP contribution in [0.5, 0.6) is 0 Å². The minimum absolute atomic E-state index is 0.0621. The van der Waals surface area contributed by atoms with E-state index in [1.807, 2.05) is 18.2 Å². The topological polar surface area (TPSA) is 92.5 Å². The van der Waals surface area contributed by atoms with E-state index in [0.29, 0.717) is 43.1 Å². The Morgan fingerprint density at radius 2 is 2.20 bits per heavy atom. The molecule has 2 atom stereocenters. The van der Waals surface area contributed by atoms with Gasteiger partial charge in [-0.25, -0.2) is 4.39 Å². The first-order valence-electron chi connectivity index (χ1n) is 10.0. The number of hydrogen-bond acceptors (Lipinski definition) is 7. The lowest BCUT2D eigenvalue weighted by Gasteiger charge is -2.31. The molecule has 1 aromatic heterocycles. The number of thioether (sulfide) groups is 1. The van der Waals surface area contributed by atoms with Crippen LogP contribution in [0.1, 0.15) is 24.6 Å². The smallest absolute Gasteiger partial charge is 0.238 e. The fraction of sp³-hybridized carbons (Fsp3) is 0.476. The van der Waals surface area contributed by atoms with E-state index in [-0.39, 0.29) is 12.5 Å². The molecular weight excluding hydrogens is 405 g/mol. The zero-order valence-corrected chi connectivity index (χ0v) is 17.3. The zero-order chi connectivity index (χ0) is 21.1.